The second kappa shape index (κ2) is 5.88. The Labute approximate surface area is 124 Å². The summed E-state index contributed by atoms with van der Waals surface area (Å²) in [4.78, 5) is 15.0. The third-order valence-electron chi connectivity index (χ3n) is 2.89. The van der Waals surface area contributed by atoms with Crippen molar-refractivity contribution < 1.29 is 18.0 Å². The number of guanidine groups is 1. The van der Waals surface area contributed by atoms with E-state index in [9.17, 15) is 18.0 Å². The number of hydrogen-bond acceptors (Lipinski definition) is 1. The van der Waals surface area contributed by atoms with E-state index in [0.717, 1.165) is 12.1 Å². The van der Waals surface area contributed by atoms with E-state index in [1.807, 2.05) is 0 Å². The summed E-state index contributed by atoms with van der Waals surface area (Å²) >= 11 is 0. The molecule has 0 unspecified atom stereocenters. The predicted octanol–water partition coefficient (Wildman–Crippen LogP) is 2.79. The number of rotatable bonds is 2. The number of nitrogens with two attached hydrogens (primary N) is 2. The molecule has 0 fully saturated rings. The summed E-state index contributed by atoms with van der Waals surface area (Å²) in [6, 6.07) is 12.0. The maximum Gasteiger partial charge on any atom is 0.417 e. The van der Waals surface area contributed by atoms with E-state index in [4.69, 9.17) is 11.5 Å². The molecule has 0 aliphatic heterocycles. The smallest absolute Gasteiger partial charge is 0.370 e. The third kappa shape index (κ3) is 3.43. The summed E-state index contributed by atoms with van der Waals surface area (Å²) in [6.07, 6.45) is -4.68. The average molecular weight is 307 g/mol. The van der Waals surface area contributed by atoms with Gasteiger partial charge in [0.2, 0.25) is 0 Å². The first kappa shape index (κ1) is 15.6. The molecule has 114 valence electrons. The molecule has 1 amide bonds. The maximum absolute atomic E-state index is 13.0. The van der Waals surface area contributed by atoms with Crippen molar-refractivity contribution in [1.29, 1.82) is 0 Å². The first-order valence-electron chi connectivity index (χ1n) is 6.19. The molecule has 2 aromatic carbocycles. The van der Waals surface area contributed by atoms with Gasteiger partial charge in [0, 0.05) is 0 Å². The summed E-state index contributed by atoms with van der Waals surface area (Å²) in [5, 5.41) is 0. The predicted molar refractivity (Wildman–Crippen MR) is 77.0 cm³/mol. The van der Waals surface area contributed by atoms with Gasteiger partial charge in [-0.05, 0) is 23.3 Å². The van der Waals surface area contributed by atoms with Gasteiger partial charge in [0.05, 0.1) is 11.1 Å². The largest absolute Gasteiger partial charge is 0.417 e. The van der Waals surface area contributed by atoms with Crippen LogP contribution in [-0.2, 0) is 6.18 Å². The van der Waals surface area contributed by atoms with E-state index >= 15 is 0 Å². The molecule has 4 nitrogen and oxygen atoms in total. The molecule has 0 spiro atoms. The lowest BCUT2D eigenvalue weighted by Crippen LogP contribution is -2.25. The van der Waals surface area contributed by atoms with Crippen LogP contribution in [0.2, 0.25) is 0 Å². The molecule has 2 aromatic rings. The Morgan fingerprint density at radius 2 is 1.59 bits per heavy atom. The van der Waals surface area contributed by atoms with Crippen LogP contribution in [-0.4, -0.2) is 11.9 Å². The zero-order valence-electron chi connectivity index (χ0n) is 11.3. The standard InChI is InChI=1S/C15H12F3N3O/c16-15(17,18)12-7-6-10(9-4-2-1-3-5-9)8-11(12)13(22)21-14(19)20/h1-8H,(H4,19,20,21,22). The van der Waals surface area contributed by atoms with Crippen LogP contribution in [0.15, 0.2) is 53.5 Å². The molecule has 4 N–H and O–H groups in total. The highest BCUT2D eigenvalue weighted by Crippen LogP contribution is 2.34. The first-order chi connectivity index (χ1) is 10.3. The molecule has 7 heteroatoms. The van der Waals surface area contributed by atoms with Gasteiger partial charge in [-0.3, -0.25) is 4.79 Å². The second-order valence-corrected chi connectivity index (χ2v) is 4.47. The minimum Gasteiger partial charge on any atom is -0.370 e. The van der Waals surface area contributed by atoms with Gasteiger partial charge in [-0.25, -0.2) is 0 Å². The van der Waals surface area contributed by atoms with Crippen LogP contribution < -0.4 is 11.5 Å². The van der Waals surface area contributed by atoms with Gasteiger partial charge in [0.25, 0.3) is 5.91 Å². The molecule has 0 aliphatic carbocycles. The van der Waals surface area contributed by atoms with Gasteiger partial charge in [0.1, 0.15) is 0 Å². The molecule has 0 saturated heterocycles. The van der Waals surface area contributed by atoms with Gasteiger partial charge in [-0.15, -0.1) is 0 Å². The Kier molecular flexibility index (Phi) is 4.16. The van der Waals surface area contributed by atoms with E-state index in [1.54, 1.807) is 30.3 Å². The maximum atomic E-state index is 13.0. The van der Waals surface area contributed by atoms with E-state index in [2.05, 4.69) is 4.99 Å². The molecule has 2 rings (SSSR count). The molecule has 0 bridgehead atoms. The van der Waals surface area contributed by atoms with Crippen LogP contribution in [0.1, 0.15) is 15.9 Å². The molecule has 0 heterocycles. The minimum absolute atomic E-state index is 0.461. The molecular formula is C15H12F3N3O. The summed E-state index contributed by atoms with van der Waals surface area (Å²) < 4.78 is 39.1. The van der Waals surface area contributed by atoms with Crippen LogP contribution in [0.25, 0.3) is 11.1 Å². The van der Waals surface area contributed by atoms with Gasteiger partial charge < -0.3 is 11.5 Å². The normalized spacial score (nSPS) is 11.0. The molecular weight excluding hydrogens is 295 g/mol. The van der Waals surface area contributed by atoms with Gasteiger partial charge in [0.15, 0.2) is 5.96 Å². The van der Waals surface area contributed by atoms with Crippen molar-refractivity contribution in [2.45, 2.75) is 6.18 Å². The number of nitrogens with zero attached hydrogens (tertiary/aromatic N) is 1. The Morgan fingerprint density at radius 3 is 2.14 bits per heavy atom. The van der Waals surface area contributed by atoms with E-state index < -0.39 is 29.2 Å². The zero-order valence-corrected chi connectivity index (χ0v) is 11.3. The Morgan fingerprint density at radius 1 is 0.955 bits per heavy atom. The van der Waals surface area contributed by atoms with Crippen LogP contribution in [0.4, 0.5) is 13.2 Å². The van der Waals surface area contributed by atoms with E-state index in [1.165, 1.54) is 6.07 Å². The fraction of sp³-hybridized carbons (Fsp3) is 0.0667. The number of benzene rings is 2. The van der Waals surface area contributed by atoms with Crippen molar-refractivity contribution in [3.8, 4) is 11.1 Å². The Hall–Kier alpha value is -2.83. The van der Waals surface area contributed by atoms with Gasteiger partial charge in [-0.1, -0.05) is 36.4 Å². The van der Waals surface area contributed by atoms with Gasteiger partial charge >= 0.3 is 6.18 Å². The molecule has 0 aliphatic rings. The molecule has 0 aromatic heterocycles. The lowest BCUT2D eigenvalue weighted by atomic mass is 9.98. The van der Waals surface area contributed by atoms with Crippen LogP contribution >= 0.6 is 0 Å². The second-order valence-electron chi connectivity index (χ2n) is 4.47. The van der Waals surface area contributed by atoms with Gasteiger partial charge in [-0.2, -0.15) is 18.2 Å². The highest BCUT2D eigenvalue weighted by Gasteiger charge is 2.35. The average Bonchev–Trinajstić information content (AvgIpc) is 2.46. The van der Waals surface area contributed by atoms with Crippen molar-refractivity contribution in [3.63, 3.8) is 0 Å². The Balaban J connectivity index is 2.60. The fourth-order valence-corrected chi connectivity index (χ4v) is 1.96. The first-order valence-corrected chi connectivity index (χ1v) is 6.19. The van der Waals surface area contributed by atoms with Crippen molar-refractivity contribution in [2.24, 2.45) is 16.5 Å². The van der Waals surface area contributed by atoms with E-state index in [0.29, 0.717) is 11.1 Å². The van der Waals surface area contributed by atoms with Crippen molar-refractivity contribution in [2.75, 3.05) is 0 Å². The number of hydrogen-bond donors (Lipinski definition) is 2. The van der Waals surface area contributed by atoms with Crippen molar-refractivity contribution in [1.82, 2.24) is 0 Å². The quantitative estimate of drug-likeness (QED) is 0.661. The minimum atomic E-state index is -4.68. The number of carbonyl (C=O) groups is 1. The van der Waals surface area contributed by atoms with Crippen LogP contribution in [0.5, 0.6) is 0 Å². The number of carbonyl (C=O) groups excluding carboxylic acids is 1. The zero-order chi connectivity index (χ0) is 16.3. The summed E-state index contributed by atoms with van der Waals surface area (Å²) in [5.41, 5.74) is 9.59. The molecule has 0 atom stereocenters. The highest BCUT2D eigenvalue weighted by atomic mass is 19.4. The lowest BCUT2D eigenvalue weighted by Gasteiger charge is -2.12. The Bertz CT molecular complexity index is 721. The summed E-state index contributed by atoms with van der Waals surface area (Å²) in [5.74, 6) is -1.73. The number of aliphatic imine (C=N–C) groups is 1. The molecule has 0 radical (unpaired) electrons. The summed E-state index contributed by atoms with van der Waals surface area (Å²) in [6.45, 7) is 0. The lowest BCUT2D eigenvalue weighted by molar-refractivity contribution is -0.137. The van der Waals surface area contributed by atoms with E-state index in [-0.39, 0.29) is 0 Å². The summed E-state index contributed by atoms with van der Waals surface area (Å²) in [7, 11) is 0. The van der Waals surface area contributed by atoms with Crippen LogP contribution in [0.3, 0.4) is 0 Å². The van der Waals surface area contributed by atoms with Crippen LogP contribution in [0, 0.1) is 0 Å². The SMILES string of the molecule is NC(N)=NC(=O)c1cc(-c2ccccc2)ccc1C(F)(F)F. The van der Waals surface area contributed by atoms with Crippen molar-refractivity contribution >= 4 is 11.9 Å². The topological polar surface area (TPSA) is 81.5 Å². The number of amides is 1. The monoisotopic (exact) mass is 307 g/mol. The van der Waals surface area contributed by atoms with Crippen molar-refractivity contribution in [3.05, 3.63) is 59.7 Å². The number of alkyl halides is 3. The third-order valence-corrected chi connectivity index (χ3v) is 2.89. The molecule has 22 heavy (non-hydrogen) atoms. The number of halogens is 3. The molecule has 0 saturated carbocycles. The highest BCUT2D eigenvalue weighted by molar-refractivity contribution is 6.03. The fourth-order valence-electron chi connectivity index (χ4n) is 1.96.